The number of sulfonamides is 2. The molecule has 1 saturated heterocycles. The maximum absolute atomic E-state index is 13.9. The fourth-order valence-corrected chi connectivity index (χ4v) is 7.63. The van der Waals surface area contributed by atoms with Crippen molar-refractivity contribution in [2.75, 3.05) is 50.6 Å². The van der Waals surface area contributed by atoms with Crippen LogP contribution < -0.4 is 23.8 Å². The highest BCUT2D eigenvalue weighted by molar-refractivity contribution is 7.92. The number of ether oxygens (including phenoxy) is 3. The molecule has 4 rings (SSSR count). The molecule has 3 aromatic carbocycles. The summed E-state index contributed by atoms with van der Waals surface area (Å²) in [7, 11) is -3.83. The van der Waals surface area contributed by atoms with Gasteiger partial charge < -0.3 is 19.5 Å². The minimum absolute atomic E-state index is 0.00819. The standard InChI is InChI=1S/C29H35N3O8S2/c1-21-8-10-22(11-9-21)32(42(36,37)24-13-15-27(39-3)28(19-24)40-4)20-29(33)30-25-18-23(12-14-26(25)38-2)41(34,35)31-16-6-5-7-17-31/h8-15,18-19H,5-7,16-17,20H2,1-4H3,(H,30,33). The fourth-order valence-electron chi connectivity index (χ4n) is 4.65. The molecule has 1 aliphatic rings. The summed E-state index contributed by atoms with van der Waals surface area (Å²) < 4.78 is 72.6. The molecule has 1 amide bonds. The molecule has 3 aromatic rings. The highest BCUT2D eigenvalue weighted by Gasteiger charge is 2.30. The number of benzene rings is 3. The molecule has 0 radical (unpaired) electrons. The van der Waals surface area contributed by atoms with Crippen LogP contribution >= 0.6 is 0 Å². The summed E-state index contributed by atoms with van der Waals surface area (Å²) in [5.41, 5.74) is 1.27. The zero-order valence-corrected chi connectivity index (χ0v) is 25.6. The third kappa shape index (κ3) is 6.63. The lowest BCUT2D eigenvalue weighted by Gasteiger charge is -2.26. The lowest BCUT2D eigenvalue weighted by molar-refractivity contribution is -0.114. The molecule has 0 unspecified atom stereocenters. The molecule has 1 fully saturated rings. The molecule has 0 aromatic heterocycles. The first kappa shape index (κ1) is 31.1. The van der Waals surface area contributed by atoms with E-state index in [1.807, 2.05) is 6.92 Å². The van der Waals surface area contributed by atoms with E-state index in [1.165, 1.54) is 62.0 Å². The number of anilines is 2. The van der Waals surface area contributed by atoms with Crippen molar-refractivity contribution < 1.29 is 35.8 Å². The van der Waals surface area contributed by atoms with Crippen LogP contribution in [0.5, 0.6) is 17.2 Å². The second kappa shape index (κ2) is 13.0. The number of nitrogens with one attached hydrogen (secondary N) is 1. The Morgan fingerprint density at radius 1 is 0.786 bits per heavy atom. The SMILES string of the molecule is COc1ccc(S(=O)(=O)N2CCCCC2)cc1NC(=O)CN(c1ccc(C)cc1)S(=O)(=O)c1ccc(OC)c(OC)c1. The van der Waals surface area contributed by atoms with Crippen molar-refractivity contribution in [1.29, 1.82) is 0 Å². The van der Waals surface area contributed by atoms with Crippen molar-refractivity contribution in [3.63, 3.8) is 0 Å². The predicted octanol–water partition coefficient (Wildman–Crippen LogP) is 4.03. The summed E-state index contributed by atoms with van der Waals surface area (Å²) in [6.45, 7) is 2.11. The van der Waals surface area contributed by atoms with Crippen molar-refractivity contribution in [2.24, 2.45) is 0 Å². The summed E-state index contributed by atoms with van der Waals surface area (Å²) in [5.74, 6) is 0.0851. The van der Waals surface area contributed by atoms with Crippen LogP contribution in [0.3, 0.4) is 0 Å². The Bertz CT molecular complexity index is 1640. The maximum Gasteiger partial charge on any atom is 0.264 e. The number of hydrogen-bond acceptors (Lipinski definition) is 8. The fraction of sp³-hybridized carbons (Fsp3) is 0.345. The minimum atomic E-state index is -4.27. The number of nitrogens with zero attached hydrogens (tertiary/aromatic N) is 2. The summed E-state index contributed by atoms with van der Waals surface area (Å²) in [5, 5.41) is 2.66. The summed E-state index contributed by atoms with van der Waals surface area (Å²) in [6.07, 6.45) is 2.53. The average molecular weight is 618 g/mol. The van der Waals surface area contributed by atoms with Crippen molar-refractivity contribution >= 4 is 37.3 Å². The molecule has 0 bridgehead atoms. The van der Waals surface area contributed by atoms with Crippen molar-refractivity contribution in [2.45, 2.75) is 36.0 Å². The first-order valence-corrected chi connectivity index (χ1v) is 16.2. The van der Waals surface area contributed by atoms with E-state index in [9.17, 15) is 21.6 Å². The molecule has 42 heavy (non-hydrogen) atoms. The van der Waals surface area contributed by atoms with Crippen LogP contribution in [0.2, 0.25) is 0 Å². The third-order valence-electron chi connectivity index (χ3n) is 6.95. The second-order valence-corrected chi connectivity index (χ2v) is 13.5. The van der Waals surface area contributed by atoms with Gasteiger partial charge in [-0.15, -0.1) is 0 Å². The Morgan fingerprint density at radius 3 is 2.00 bits per heavy atom. The van der Waals surface area contributed by atoms with E-state index in [0.29, 0.717) is 18.8 Å². The lowest BCUT2D eigenvalue weighted by Crippen LogP contribution is -2.38. The van der Waals surface area contributed by atoms with Gasteiger partial charge in [-0.2, -0.15) is 4.31 Å². The first-order valence-electron chi connectivity index (χ1n) is 13.3. The average Bonchev–Trinajstić information content (AvgIpc) is 3.00. The van der Waals surface area contributed by atoms with E-state index in [2.05, 4.69) is 5.32 Å². The molecule has 13 heteroatoms. The Morgan fingerprint density at radius 2 is 1.38 bits per heavy atom. The Kier molecular flexibility index (Phi) is 9.64. The quantitative estimate of drug-likeness (QED) is 0.341. The Balaban J connectivity index is 1.67. The molecular formula is C29H35N3O8S2. The number of amides is 1. The summed E-state index contributed by atoms with van der Waals surface area (Å²) >= 11 is 0. The molecule has 0 spiro atoms. The van der Waals surface area contributed by atoms with Gasteiger partial charge in [0.1, 0.15) is 12.3 Å². The monoisotopic (exact) mass is 617 g/mol. The van der Waals surface area contributed by atoms with Gasteiger partial charge in [-0.1, -0.05) is 24.1 Å². The van der Waals surface area contributed by atoms with Crippen molar-refractivity contribution in [3.05, 3.63) is 66.2 Å². The van der Waals surface area contributed by atoms with Crippen molar-refractivity contribution in [1.82, 2.24) is 4.31 Å². The molecule has 226 valence electrons. The highest BCUT2D eigenvalue weighted by Crippen LogP contribution is 2.33. The molecule has 0 aliphatic carbocycles. The van der Waals surface area contributed by atoms with E-state index in [-0.39, 0.29) is 32.7 Å². The second-order valence-electron chi connectivity index (χ2n) is 9.74. The summed E-state index contributed by atoms with van der Waals surface area (Å²) in [6, 6.07) is 15.1. The zero-order valence-electron chi connectivity index (χ0n) is 24.0. The van der Waals surface area contributed by atoms with Crippen molar-refractivity contribution in [3.8, 4) is 17.2 Å². The number of carbonyl (C=O) groups is 1. The smallest absolute Gasteiger partial charge is 0.264 e. The van der Waals surface area contributed by atoms with E-state index in [1.54, 1.807) is 24.3 Å². The van der Waals surface area contributed by atoms with E-state index in [4.69, 9.17) is 14.2 Å². The molecule has 1 heterocycles. The van der Waals surface area contributed by atoms with Crippen LogP contribution in [0, 0.1) is 6.92 Å². The van der Waals surface area contributed by atoms with Gasteiger partial charge in [-0.05, 0) is 62.2 Å². The normalized spacial score (nSPS) is 14.2. The Hall–Kier alpha value is -3.81. The zero-order chi connectivity index (χ0) is 30.5. The number of piperidine rings is 1. The number of hydrogen-bond donors (Lipinski definition) is 1. The van der Waals surface area contributed by atoms with Crippen LogP contribution in [0.15, 0.2) is 70.5 Å². The molecule has 0 atom stereocenters. The van der Waals surface area contributed by atoms with Gasteiger partial charge in [0.2, 0.25) is 15.9 Å². The largest absolute Gasteiger partial charge is 0.495 e. The van der Waals surface area contributed by atoms with Crippen LogP contribution in [-0.4, -0.2) is 68.0 Å². The first-order chi connectivity index (χ1) is 20.0. The van der Waals surface area contributed by atoms with Gasteiger partial charge in [0.25, 0.3) is 10.0 Å². The van der Waals surface area contributed by atoms with Gasteiger partial charge >= 0.3 is 0 Å². The van der Waals surface area contributed by atoms with Gasteiger partial charge in [-0.25, -0.2) is 16.8 Å². The van der Waals surface area contributed by atoms with Crippen LogP contribution in [0.25, 0.3) is 0 Å². The van der Waals surface area contributed by atoms with Gasteiger partial charge in [0.05, 0.1) is 42.5 Å². The minimum Gasteiger partial charge on any atom is -0.495 e. The summed E-state index contributed by atoms with van der Waals surface area (Å²) in [4.78, 5) is 13.3. The predicted molar refractivity (Wildman–Crippen MR) is 159 cm³/mol. The van der Waals surface area contributed by atoms with E-state index >= 15 is 0 Å². The van der Waals surface area contributed by atoms with E-state index < -0.39 is 32.5 Å². The van der Waals surface area contributed by atoms with Crippen LogP contribution in [0.4, 0.5) is 11.4 Å². The highest BCUT2D eigenvalue weighted by atomic mass is 32.2. The Labute approximate surface area is 247 Å². The van der Waals surface area contributed by atoms with Gasteiger partial charge in [0.15, 0.2) is 11.5 Å². The molecule has 11 nitrogen and oxygen atoms in total. The molecular weight excluding hydrogens is 582 g/mol. The molecule has 1 aliphatic heterocycles. The molecule has 1 N–H and O–H groups in total. The van der Waals surface area contributed by atoms with E-state index in [0.717, 1.165) is 29.1 Å². The number of methoxy groups -OCH3 is 3. The third-order valence-corrected chi connectivity index (χ3v) is 10.6. The molecule has 0 saturated carbocycles. The number of carbonyl (C=O) groups excluding carboxylic acids is 1. The maximum atomic E-state index is 13.9. The topological polar surface area (TPSA) is 132 Å². The number of rotatable bonds is 11. The van der Waals surface area contributed by atoms with Crippen LogP contribution in [0.1, 0.15) is 24.8 Å². The van der Waals surface area contributed by atoms with Gasteiger partial charge in [-0.3, -0.25) is 9.10 Å². The lowest BCUT2D eigenvalue weighted by atomic mass is 10.2. The van der Waals surface area contributed by atoms with Crippen LogP contribution in [-0.2, 0) is 24.8 Å². The van der Waals surface area contributed by atoms with Gasteiger partial charge in [0, 0.05) is 19.2 Å². The number of aryl methyl sites for hydroxylation is 1.